The molecule has 0 aromatic rings. The van der Waals surface area contributed by atoms with Gasteiger partial charge in [0.25, 0.3) is 0 Å². The molecule has 2 atom stereocenters. The van der Waals surface area contributed by atoms with Gasteiger partial charge in [-0.25, -0.2) is 0 Å². The zero-order chi connectivity index (χ0) is 7.56. The van der Waals surface area contributed by atoms with Crippen LogP contribution >= 0.6 is 0 Å². The van der Waals surface area contributed by atoms with E-state index in [4.69, 9.17) is 5.11 Å². The van der Waals surface area contributed by atoms with Gasteiger partial charge in [-0.15, -0.1) is 0 Å². The third-order valence-corrected chi connectivity index (χ3v) is 1.88. The number of piperidine rings is 1. The lowest BCUT2D eigenvalue weighted by Gasteiger charge is -2.24. The molecule has 0 bridgehead atoms. The largest absolute Gasteiger partial charge is 0.392 e. The number of ketones is 1. The van der Waals surface area contributed by atoms with Crippen molar-refractivity contribution in [3.05, 3.63) is 0 Å². The van der Waals surface area contributed by atoms with Crippen molar-refractivity contribution in [3.63, 3.8) is 0 Å². The summed E-state index contributed by atoms with van der Waals surface area (Å²) in [4.78, 5) is 10.8. The lowest BCUT2D eigenvalue weighted by atomic mass is 10.0. The zero-order valence-electron chi connectivity index (χ0n) is 6.13. The number of carbonyl (C=O) groups is 1. The second-order valence-corrected chi connectivity index (χ2v) is 2.80. The van der Waals surface area contributed by atoms with Gasteiger partial charge in [0.15, 0.2) is 0 Å². The van der Waals surface area contributed by atoms with Crippen molar-refractivity contribution in [2.75, 3.05) is 6.54 Å². The van der Waals surface area contributed by atoms with E-state index in [0.29, 0.717) is 6.54 Å². The van der Waals surface area contributed by atoms with Crippen molar-refractivity contribution in [1.82, 2.24) is 5.32 Å². The van der Waals surface area contributed by atoms with Crippen LogP contribution in [0.15, 0.2) is 0 Å². The molecule has 58 valence electrons. The molecule has 1 aliphatic rings. The minimum absolute atomic E-state index is 0.0107. The fraction of sp³-hybridized carbons (Fsp3) is 0.857. The number of rotatable bonds is 1. The van der Waals surface area contributed by atoms with Crippen LogP contribution in [0.1, 0.15) is 19.8 Å². The maximum atomic E-state index is 10.8. The van der Waals surface area contributed by atoms with Gasteiger partial charge in [-0.3, -0.25) is 4.79 Å². The summed E-state index contributed by atoms with van der Waals surface area (Å²) < 4.78 is 0. The topological polar surface area (TPSA) is 49.3 Å². The van der Waals surface area contributed by atoms with Gasteiger partial charge in [0.1, 0.15) is 5.78 Å². The van der Waals surface area contributed by atoms with E-state index >= 15 is 0 Å². The molecule has 3 heteroatoms. The third-order valence-electron chi connectivity index (χ3n) is 1.88. The Hall–Kier alpha value is -0.410. The first-order valence-corrected chi connectivity index (χ1v) is 3.62. The summed E-state index contributed by atoms with van der Waals surface area (Å²) in [6.07, 6.45) is 1.27. The second-order valence-electron chi connectivity index (χ2n) is 2.80. The fourth-order valence-corrected chi connectivity index (χ4v) is 1.19. The molecule has 0 spiro atoms. The van der Waals surface area contributed by atoms with Crippen LogP contribution in [0.5, 0.6) is 0 Å². The molecule has 2 unspecified atom stereocenters. The van der Waals surface area contributed by atoms with Gasteiger partial charge in [0.2, 0.25) is 0 Å². The summed E-state index contributed by atoms with van der Waals surface area (Å²) >= 11 is 0. The predicted molar refractivity (Wildman–Crippen MR) is 37.7 cm³/mol. The number of β-amino-alcohol motifs (C(OH)–C–C–N with tert-alkyl or cyclic N) is 1. The molecule has 0 aromatic carbocycles. The van der Waals surface area contributed by atoms with E-state index in [1.807, 2.05) is 0 Å². The maximum Gasteiger partial charge on any atom is 0.146 e. The molecule has 1 saturated heterocycles. The molecule has 1 fully saturated rings. The molecule has 1 rings (SSSR count). The van der Waals surface area contributed by atoms with Gasteiger partial charge in [-0.05, 0) is 19.8 Å². The SMILES string of the molecule is CC(=O)C1CCC(O)CN1. The smallest absolute Gasteiger partial charge is 0.146 e. The summed E-state index contributed by atoms with van der Waals surface area (Å²) in [5.74, 6) is 0.173. The highest BCUT2D eigenvalue weighted by Crippen LogP contribution is 2.07. The van der Waals surface area contributed by atoms with E-state index < -0.39 is 0 Å². The van der Waals surface area contributed by atoms with Crippen LogP contribution in [0.4, 0.5) is 0 Å². The van der Waals surface area contributed by atoms with E-state index in [2.05, 4.69) is 5.32 Å². The molecular formula is C7H13NO2. The van der Waals surface area contributed by atoms with Gasteiger partial charge in [-0.1, -0.05) is 0 Å². The Morgan fingerprint density at radius 2 is 2.30 bits per heavy atom. The molecule has 0 aromatic heterocycles. The zero-order valence-corrected chi connectivity index (χ0v) is 6.13. The molecule has 2 N–H and O–H groups in total. The molecule has 0 radical (unpaired) electrons. The van der Waals surface area contributed by atoms with Crippen LogP contribution in [0.25, 0.3) is 0 Å². The first kappa shape index (κ1) is 7.69. The van der Waals surface area contributed by atoms with Crippen molar-refractivity contribution in [2.45, 2.75) is 31.9 Å². The van der Waals surface area contributed by atoms with Crippen molar-refractivity contribution in [2.24, 2.45) is 0 Å². The van der Waals surface area contributed by atoms with E-state index in [1.54, 1.807) is 6.92 Å². The first-order chi connectivity index (χ1) is 4.70. The first-order valence-electron chi connectivity index (χ1n) is 3.62. The normalized spacial score (nSPS) is 33.8. The van der Waals surface area contributed by atoms with Crippen molar-refractivity contribution in [3.8, 4) is 0 Å². The van der Waals surface area contributed by atoms with Gasteiger partial charge in [-0.2, -0.15) is 0 Å². The minimum Gasteiger partial charge on any atom is -0.392 e. The summed E-state index contributed by atoms with van der Waals surface area (Å²) in [7, 11) is 0. The number of aliphatic hydroxyl groups is 1. The highest BCUT2D eigenvalue weighted by molar-refractivity contribution is 5.81. The fourth-order valence-electron chi connectivity index (χ4n) is 1.19. The molecule has 1 heterocycles. The van der Waals surface area contributed by atoms with Crippen LogP contribution in [-0.2, 0) is 4.79 Å². The van der Waals surface area contributed by atoms with Crippen molar-refractivity contribution in [1.29, 1.82) is 0 Å². The molecular weight excluding hydrogens is 130 g/mol. The highest BCUT2D eigenvalue weighted by atomic mass is 16.3. The molecule has 0 saturated carbocycles. The van der Waals surface area contributed by atoms with E-state index in [-0.39, 0.29) is 17.9 Å². The summed E-state index contributed by atoms with van der Waals surface area (Å²) in [5, 5.41) is 12.0. The molecule has 10 heavy (non-hydrogen) atoms. The number of nitrogens with one attached hydrogen (secondary N) is 1. The highest BCUT2D eigenvalue weighted by Gasteiger charge is 2.20. The molecule has 3 nitrogen and oxygen atoms in total. The Labute approximate surface area is 60.4 Å². The predicted octanol–water partition coefficient (Wildman–Crippen LogP) is -0.312. The summed E-state index contributed by atoms with van der Waals surface area (Å²) in [6.45, 7) is 2.14. The lowest BCUT2D eigenvalue weighted by molar-refractivity contribution is -0.119. The van der Waals surface area contributed by atoms with Crippen LogP contribution in [0.2, 0.25) is 0 Å². The Balaban J connectivity index is 2.33. The number of carbonyl (C=O) groups excluding carboxylic acids is 1. The average molecular weight is 143 g/mol. The average Bonchev–Trinajstić information content (AvgIpc) is 1.88. The van der Waals surface area contributed by atoms with Crippen LogP contribution in [0, 0.1) is 0 Å². The van der Waals surface area contributed by atoms with Crippen LogP contribution in [0.3, 0.4) is 0 Å². The van der Waals surface area contributed by atoms with E-state index in [9.17, 15) is 4.79 Å². The number of aliphatic hydroxyl groups excluding tert-OH is 1. The summed E-state index contributed by atoms with van der Waals surface area (Å²) in [6, 6.07) is -0.0107. The summed E-state index contributed by atoms with van der Waals surface area (Å²) in [5.41, 5.74) is 0. The number of Topliss-reactive ketones (excluding diaryl/α,β-unsaturated/α-hetero) is 1. The second kappa shape index (κ2) is 3.12. The monoisotopic (exact) mass is 143 g/mol. The Kier molecular flexibility index (Phi) is 2.40. The van der Waals surface area contributed by atoms with E-state index in [0.717, 1.165) is 12.8 Å². The third kappa shape index (κ3) is 1.78. The number of hydrogen-bond acceptors (Lipinski definition) is 3. The minimum atomic E-state index is -0.254. The van der Waals surface area contributed by atoms with Crippen LogP contribution < -0.4 is 5.32 Å². The Morgan fingerprint density at radius 3 is 2.70 bits per heavy atom. The molecule has 1 aliphatic heterocycles. The quantitative estimate of drug-likeness (QED) is 0.529. The molecule has 0 aliphatic carbocycles. The van der Waals surface area contributed by atoms with Crippen LogP contribution in [-0.4, -0.2) is 29.6 Å². The van der Waals surface area contributed by atoms with Crippen molar-refractivity contribution >= 4 is 5.78 Å². The maximum absolute atomic E-state index is 10.8. The van der Waals surface area contributed by atoms with Gasteiger partial charge in [0.05, 0.1) is 12.1 Å². The Bertz CT molecular complexity index is 128. The van der Waals surface area contributed by atoms with Crippen molar-refractivity contribution < 1.29 is 9.90 Å². The van der Waals surface area contributed by atoms with Gasteiger partial charge >= 0.3 is 0 Å². The van der Waals surface area contributed by atoms with E-state index in [1.165, 1.54) is 0 Å². The lowest BCUT2D eigenvalue weighted by Crippen LogP contribution is -2.45. The Morgan fingerprint density at radius 1 is 1.60 bits per heavy atom. The van der Waals surface area contributed by atoms with Gasteiger partial charge < -0.3 is 10.4 Å². The van der Waals surface area contributed by atoms with Gasteiger partial charge in [0, 0.05) is 6.54 Å². The standard InChI is InChI=1S/C7H13NO2/c1-5(9)7-3-2-6(10)4-8-7/h6-8,10H,2-4H2,1H3. The number of hydrogen-bond donors (Lipinski definition) is 2. The molecule has 0 amide bonds.